The lowest BCUT2D eigenvalue weighted by Crippen LogP contribution is -1.95. The smallest absolute Gasteiger partial charge is 0.187 e. The summed E-state index contributed by atoms with van der Waals surface area (Å²) in [7, 11) is 3.01. The molecule has 0 saturated carbocycles. The maximum absolute atomic E-state index is 13.9. The van der Waals surface area contributed by atoms with Gasteiger partial charge < -0.3 is 24.0 Å². The number of ether oxygens (including phenoxy) is 2. The van der Waals surface area contributed by atoms with E-state index in [1.807, 2.05) is 19.1 Å². The van der Waals surface area contributed by atoms with Gasteiger partial charge in [0.2, 0.25) is 0 Å². The van der Waals surface area contributed by atoms with Crippen LogP contribution in [-0.2, 0) is 6.42 Å². The number of hydrogen-bond acceptors (Lipinski definition) is 8. The van der Waals surface area contributed by atoms with Crippen LogP contribution in [0.25, 0.3) is 11.0 Å². The van der Waals surface area contributed by atoms with Gasteiger partial charge in [-0.25, -0.2) is 4.39 Å². The summed E-state index contributed by atoms with van der Waals surface area (Å²) in [4.78, 5) is 0.667. The van der Waals surface area contributed by atoms with Crippen molar-refractivity contribution in [3.8, 4) is 11.5 Å². The van der Waals surface area contributed by atoms with Gasteiger partial charge in [0.05, 0.1) is 25.3 Å². The minimum absolute atomic E-state index is 0.193. The number of hydrogen-bond donors (Lipinski definition) is 3. The van der Waals surface area contributed by atoms with E-state index in [1.165, 1.54) is 25.1 Å². The van der Waals surface area contributed by atoms with Crippen LogP contribution < -0.4 is 19.5 Å². The van der Waals surface area contributed by atoms with Gasteiger partial charge in [-0.1, -0.05) is 12.1 Å². The highest BCUT2D eigenvalue weighted by Crippen LogP contribution is 2.36. The number of aryl methyl sites for hydroxylation is 1. The molecule has 0 unspecified atom stereocenters. The lowest BCUT2D eigenvalue weighted by Gasteiger charge is -2.09. The molecule has 10 heteroatoms. The fourth-order valence-corrected chi connectivity index (χ4v) is 3.53. The van der Waals surface area contributed by atoms with Gasteiger partial charge in [0, 0.05) is 22.7 Å². The molecule has 156 valence electrons. The van der Waals surface area contributed by atoms with Crippen LogP contribution in [0.5, 0.6) is 11.5 Å². The van der Waals surface area contributed by atoms with Gasteiger partial charge in [0.15, 0.2) is 28.8 Å². The Bertz CT molecular complexity index is 1180. The molecule has 8 nitrogen and oxygen atoms in total. The Kier molecular flexibility index (Phi) is 5.66. The first-order valence-corrected chi connectivity index (χ1v) is 9.98. The van der Waals surface area contributed by atoms with Gasteiger partial charge >= 0.3 is 0 Å². The van der Waals surface area contributed by atoms with Gasteiger partial charge in [-0.15, -0.1) is 0 Å². The van der Waals surface area contributed by atoms with Crippen LogP contribution in [-0.4, -0.2) is 29.6 Å². The number of aromatic amines is 1. The van der Waals surface area contributed by atoms with E-state index in [0.29, 0.717) is 33.6 Å². The van der Waals surface area contributed by atoms with Crippen LogP contribution in [0.4, 0.5) is 21.7 Å². The lowest BCUT2D eigenvalue weighted by atomic mass is 10.2. The number of nitrogens with one attached hydrogen (secondary N) is 3. The molecule has 0 aliphatic heterocycles. The molecular weight excluding hydrogens is 409 g/mol. The van der Waals surface area contributed by atoms with E-state index >= 15 is 0 Å². The third-order valence-corrected chi connectivity index (χ3v) is 5.24. The quantitative estimate of drug-likeness (QED) is 0.332. The van der Waals surface area contributed by atoms with Gasteiger partial charge in [-0.2, -0.15) is 5.10 Å². The molecule has 0 amide bonds. The fraction of sp³-hybridized carbons (Fsp3) is 0.200. The predicted octanol–water partition coefficient (Wildman–Crippen LogP) is 5.13. The highest BCUT2D eigenvalue weighted by Gasteiger charge is 2.15. The van der Waals surface area contributed by atoms with Crippen molar-refractivity contribution in [1.82, 2.24) is 15.4 Å². The summed E-state index contributed by atoms with van der Waals surface area (Å²) in [6.45, 7) is 2.05. The molecule has 0 spiro atoms. The number of methoxy groups -OCH3 is 2. The van der Waals surface area contributed by atoms with Crippen LogP contribution in [0.3, 0.4) is 0 Å². The Labute approximate surface area is 176 Å². The van der Waals surface area contributed by atoms with Gasteiger partial charge in [0.25, 0.3) is 0 Å². The summed E-state index contributed by atoms with van der Waals surface area (Å²) < 4.78 is 32.9. The molecule has 2 heterocycles. The number of benzene rings is 2. The van der Waals surface area contributed by atoms with Crippen LogP contribution in [0, 0.1) is 5.82 Å². The highest BCUT2D eigenvalue weighted by atomic mass is 32.2. The third-order valence-electron chi connectivity index (χ3n) is 4.46. The topological polar surface area (TPSA) is 97.2 Å². The minimum atomic E-state index is -0.434. The van der Waals surface area contributed by atoms with E-state index in [9.17, 15) is 4.39 Å². The zero-order chi connectivity index (χ0) is 21.1. The molecule has 0 bridgehead atoms. The van der Waals surface area contributed by atoms with Crippen molar-refractivity contribution in [2.45, 2.75) is 18.2 Å². The van der Waals surface area contributed by atoms with E-state index in [-0.39, 0.29) is 5.75 Å². The fourth-order valence-electron chi connectivity index (χ4n) is 2.87. The van der Waals surface area contributed by atoms with Crippen molar-refractivity contribution >= 4 is 40.2 Å². The Morgan fingerprint density at radius 3 is 2.67 bits per heavy atom. The standard InChI is InChI=1S/C20H20FN5O3S/c1-4-11-7-19(24-23-11)22-15-10-17-13(9-18(15)28-3)20(25-29-17)26-30-12-5-6-16(27-2)14(21)8-12/h5-10H,4H2,1-3H3,(H,25,26)(H2,22,23,24). The van der Waals surface area contributed by atoms with Crippen molar-refractivity contribution in [2.24, 2.45) is 0 Å². The summed E-state index contributed by atoms with van der Waals surface area (Å²) in [5, 5.41) is 15.2. The molecular formula is C20H20FN5O3S. The molecule has 2 aromatic heterocycles. The number of anilines is 3. The van der Waals surface area contributed by atoms with E-state index in [2.05, 4.69) is 25.4 Å². The monoisotopic (exact) mass is 429 g/mol. The SMILES string of the molecule is CCc1cc(Nc2cc3onc(NSc4ccc(OC)c(F)c4)c3cc2OC)n[nH]1. The van der Waals surface area contributed by atoms with E-state index in [1.54, 1.807) is 25.3 Å². The summed E-state index contributed by atoms with van der Waals surface area (Å²) in [5.41, 5.74) is 2.29. The number of halogens is 1. The van der Waals surface area contributed by atoms with Gasteiger partial charge in [0.1, 0.15) is 5.75 Å². The van der Waals surface area contributed by atoms with Crippen LogP contribution in [0.2, 0.25) is 0 Å². The number of fused-ring (bicyclic) bond motifs is 1. The third kappa shape index (κ3) is 3.99. The largest absolute Gasteiger partial charge is 0.495 e. The Hall–Kier alpha value is -3.40. The number of rotatable bonds is 8. The molecule has 0 radical (unpaired) electrons. The summed E-state index contributed by atoms with van der Waals surface area (Å²) in [6, 6.07) is 10.2. The van der Waals surface area contributed by atoms with E-state index in [4.69, 9.17) is 14.0 Å². The Morgan fingerprint density at radius 2 is 1.97 bits per heavy atom. The minimum Gasteiger partial charge on any atom is -0.495 e. The molecule has 2 aromatic carbocycles. The van der Waals surface area contributed by atoms with Crippen LogP contribution >= 0.6 is 11.9 Å². The summed E-state index contributed by atoms with van der Waals surface area (Å²) >= 11 is 1.21. The second kappa shape index (κ2) is 8.54. The zero-order valence-corrected chi connectivity index (χ0v) is 17.4. The number of aromatic nitrogens is 3. The van der Waals surface area contributed by atoms with E-state index in [0.717, 1.165) is 17.5 Å². The van der Waals surface area contributed by atoms with Crippen LogP contribution in [0.15, 0.2) is 45.8 Å². The summed E-state index contributed by atoms with van der Waals surface area (Å²) in [6.07, 6.45) is 0.859. The number of nitrogens with zero attached hydrogens (tertiary/aromatic N) is 2. The molecule has 4 rings (SSSR count). The molecule has 0 fully saturated rings. The molecule has 0 atom stereocenters. The van der Waals surface area contributed by atoms with Crippen molar-refractivity contribution in [2.75, 3.05) is 24.3 Å². The lowest BCUT2D eigenvalue weighted by molar-refractivity contribution is 0.385. The second-order valence-corrected chi connectivity index (χ2v) is 7.22. The maximum Gasteiger partial charge on any atom is 0.187 e. The van der Waals surface area contributed by atoms with Crippen molar-refractivity contribution in [3.05, 3.63) is 47.9 Å². The first-order valence-electron chi connectivity index (χ1n) is 9.16. The highest BCUT2D eigenvalue weighted by molar-refractivity contribution is 8.00. The normalized spacial score (nSPS) is 10.9. The molecule has 3 N–H and O–H groups in total. The zero-order valence-electron chi connectivity index (χ0n) is 16.6. The average molecular weight is 429 g/mol. The first-order chi connectivity index (χ1) is 14.6. The van der Waals surface area contributed by atoms with Gasteiger partial charge in [-0.05, 0) is 42.6 Å². The maximum atomic E-state index is 13.9. The Morgan fingerprint density at radius 1 is 1.13 bits per heavy atom. The van der Waals surface area contributed by atoms with Crippen molar-refractivity contribution in [1.29, 1.82) is 0 Å². The average Bonchev–Trinajstić information content (AvgIpc) is 3.38. The molecule has 4 aromatic rings. The first kappa shape index (κ1) is 19.9. The molecule has 0 aliphatic carbocycles. The molecule has 0 saturated heterocycles. The van der Waals surface area contributed by atoms with Gasteiger partial charge in [-0.3, -0.25) is 5.10 Å². The molecule has 30 heavy (non-hydrogen) atoms. The Balaban J connectivity index is 1.56. The molecule has 0 aliphatic rings. The summed E-state index contributed by atoms with van der Waals surface area (Å²) in [5.74, 6) is 1.55. The predicted molar refractivity (Wildman–Crippen MR) is 114 cm³/mol. The van der Waals surface area contributed by atoms with Crippen LogP contribution in [0.1, 0.15) is 12.6 Å². The second-order valence-electron chi connectivity index (χ2n) is 6.34. The number of H-pyrrole nitrogens is 1. The van der Waals surface area contributed by atoms with Crippen molar-refractivity contribution < 1.29 is 18.4 Å². The van der Waals surface area contributed by atoms with Crippen molar-refractivity contribution in [3.63, 3.8) is 0 Å². The van der Waals surface area contributed by atoms with E-state index < -0.39 is 5.82 Å².